The molecule has 1 aliphatic rings. The summed E-state index contributed by atoms with van der Waals surface area (Å²) in [6, 6.07) is 23.9. The Labute approximate surface area is 250 Å². The Morgan fingerprint density at radius 3 is 2.62 bits per heavy atom. The van der Waals surface area contributed by atoms with Gasteiger partial charge >= 0.3 is 5.91 Å². The van der Waals surface area contributed by atoms with Crippen molar-refractivity contribution in [2.24, 2.45) is 0 Å². The zero-order chi connectivity index (χ0) is 29.1. The summed E-state index contributed by atoms with van der Waals surface area (Å²) in [6.45, 7) is 2.53. The smallest absolute Gasteiger partial charge is 0.301 e. The van der Waals surface area contributed by atoms with Crippen LogP contribution in [0.5, 0.6) is 5.75 Å². The summed E-state index contributed by atoms with van der Waals surface area (Å²) in [5.41, 5.74) is 2.13. The fourth-order valence-electron chi connectivity index (χ4n) is 4.92. The summed E-state index contributed by atoms with van der Waals surface area (Å²) >= 11 is 2.75. The van der Waals surface area contributed by atoms with E-state index in [2.05, 4.69) is 39.4 Å². The highest BCUT2D eigenvalue weighted by atomic mass is 32.2. The number of benzene rings is 3. The summed E-state index contributed by atoms with van der Waals surface area (Å²) < 4.78 is 6.50. The van der Waals surface area contributed by atoms with Crippen LogP contribution in [0.1, 0.15) is 36.1 Å². The van der Waals surface area contributed by atoms with Crippen LogP contribution in [0.4, 0.5) is 5.13 Å². The molecule has 3 aromatic carbocycles. The first kappa shape index (κ1) is 27.6. The summed E-state index contributed by atoms with van der Waals surface area (Å²) in [7, 11) is 0. The van der Waals surface area contributed by atoms with Crippen molar-refractivity contribution in [3.63, 3.8) is 0 Å². The van der Waals surface area contributed by atoms with Crippen molar-refractivity contribution in [3.8, 4) is 5.75 Å². The number of ketones is 1. The number of aliphatic hydroxyl groups excluding tert-OH is 1. The van der Waals surface area contributed by atoms with E-state index in [1.54, 1.807) is 30.3 Å². The first-order valence-corrected chi connectivity index (χ1v) is 15.2. The average Bonchev–Trinajstić information content (AvgIpc) is 3.60. The second kappa shape index (κ2) is 12.1. The number of amides is 1. The van der Waals surface area contributed by atoms with Crippen LogP contribution >= 0.6 is 23.1 Å². The maximum absolute atomic E-state index is 13.5. The van der Waals surface area contributed by atoms with Gasteiger partial charge < -0.3 is 9.84 Å². The lowest BCUT2D eigenvalue weighted by molar-refractivity contribution is -0.132. The van der Waals surface area contributed by atoms with Gasteiger partial charge in [-0.25, -0.2) is 0 Å². The zero-order valence-corrected chi connectivity index (χ0v) is 24.3. The Bertz CT molecular complexity index is 1800. The number of carbonyl (C=O) groups excluding carboxylic acids is 2. The lowest BCUT2D eigenvalue weighted by atomic mass is 9.95. The van der Waals surface area contributed by atoms with Crippen LogP contribution in [0.3, 0.4) is 0 Å². The standard InChI is InChI=1S/C32H26N4O4S2/c1-2-17-40-24-11-6-9-22(18-24)27-26(28(37)21-13-15-33-16-14-21)29(38)30(39)36(27)31-34-35-32(42-31)41-19-23-10-5-8-20-7-3-4-12-25(20)23/h3-16,18,27,37H,2,17,19H2,1H3/b28-26+. The van der Waals surface area contributed by atoms with E-state index in [1.165, 1.54) is 45.8 Å². The van der Waals surface area contributed by atoms with Crippen LogP contribution < -0.4 is 9.64 Å². The highest BCUT2D eigenvalue weighted by Crippen LogP contribution is 2.44. The molecule has 210 valence electrons. The number of Topliss-reactive ketones (excluding diaryl/α,β-unsaturated/α-hetero) is 1. The van der Waals surface area contributed by atoms with Crippen LogP contribution in [0.2, 0.25) is 0 Å². The van der Waals surface area contributed by atoms with Crippen molar-refractivity contribution in [1.82, 2.24) is 15.2 Å². The normalized spacial score (nSPS) is 16.3. The molecule has 6 rings (SSSR count). The van der Waals surface area contributed by atoms with Gasteiger partial charge in [-0.1, -0.05) is 84.6 Å². The molecule has 0 spiro atoms. The van der Waals surface area contributed by atoms with Crippen LogP contribution in [0.25, 0.3) is 16.5 Å². The van der Waals surface area contributed by atoms with Crippen molar-refractivity contribution < 1.29 is 19.4 Å². The molecule has 0 saturated carbocycles. The number of rotatable bonds is 9. The van der Waals surface area contributed by atoms with E-state index < -0.39 is 17.7 Å². The second-order valence-electron chi connectivity index (χ2n) is 9.60. The molecule has 2 aromatic heterocycles. The molecule has 1 atom stereocenters. The number of hydrogen-bond acceptors (Lipinski definition) is 9. The third-order valence-electron chi connectivity index (χ3n) is 6.88. The summed E-state index contributed by atoms with van der Waals surface area (Å²) in [5.74, 6) is -0.589. The third kappa shape index (κ3) is 5.38. The van der Waals surface area contributed by atoms with Gasteiger partial charge in [0.05, 0.1) is 18.2 Å². The molecule has 0 aliphatic carbocycles. The van der Waals surface area contributed by atoms with Crippen LogP contribution in [-0.4, -0.2) is 38.6 Å². The topological polar surface area (TPSA) is 106 Å². The number of nitrogens with zero attached hydrogens (tertiary/aromatic N) is 4. The maximum Gasteiger partial charge on any atom is 0.301 e. The predicted molar refractivity (Wildman–Crippen MR) is 165 cm³/mol. The van der Waals surface area contributed by atoms with Crippen molar-refractivity contribution in [2.75, 3.05) is 11.5 Å². The van der Waals surface area contributed by atoms with E-state index in [4.69, 9.17) is 4.74 Å². The molecule has 5 aromatic rings. The van der Waals surface area contributed by atoms with Gasteiger partial charge in [0.2, 0.25) is 5.13 Å². The molecule has 0 bridgehead atoms. The SMILES string of the molecule is CCCOc1cccc(C2/C(=C(\O)c3ccncc3)C(=O)C(=O)N2c2nnc(SCc3cccc4ccccc34)s2)c1. The second-order valence-corrected chi connectivity index (χ2v) is 11.8. The van der Waals surface area contributed by atoms with Crippen molar-refractivity contribution in [1.29, 1.82) is 0 Å². The van der Waals surface area contributed by atoms with Gasteiger partial charge in [0.15, 0.2) is 4.34 Å². The molecular weight excluding hydrogens is 569 g/mol. The Morgan fingerprint density at radius 2 is 1.79 bits per heavy atom. The third-order valence-corrected chi connectivity index (χ3v) is 8.98. The number of fused-ring (bicyclic) bond motifs is 1. The van der Waals surface area contributed by atoms with Gasteiger partial charge in [-0.15, -0.1) is 10.2 Å². The molecule has 1 N–H and O–H groups in total. The van der Waals surface area contributed by atoms with E-state index in [-0.39, 0.29) is 16.5 Å². The molecule has 42 heavy (non-hydrogen) atoms. The van der Waals surface area contributed by atoms with E-state index in [1.807, 2.05) is 31.2 Å². The number of ether oxygens (including phenoxy) is 1. The first-order valence-electron chi connectivity index (χ1n) is 13.4. The number of carbonyl (C=O) groups is 2. The molecular formula is C32H26N4O4S2. The van der Waals surface area contributed by atoms with Gasteiger partial charge in [0.25, 0.3) is 5.78 Å². The minimum Gasteiger partial charge on any atom is -0.507 e. The van der Waals surface area contributed by atoms with Crippen LogP contribution in [0, 0.1) is 0 Å². The Hall–Kier alpha value is -4.54. The lowest BCUT2D eigenvalue weighted by Crippen LogP contribution is -2.29. The number of hydrogen-bond donors (Lipinski definition) is 1. The fraction of sp³-hybridized carbons (Fsp3) is 0.156. The van der Waals surface area contributed by atoms with Gasteiger partial charge in [0, 0.05) is 23.7 Å². The number of aliphatic hydroxyl groups is 1. The van der Waals surface area contributed by atoms with Gasteiger partial charge in [0.1, 0.15) is 11.5 Å². The first-order chi connectivity index (χ1) is 20.5. The molecule has 1 unspecified atom stereocenters. The number of pyridine rings is 1. The molecule has 10 heteroatoms. The largest absolute Gasteiger partial charge is 0.507 e. The number of aromatic nitrogens is 3. The van der Waals surface area contributed by atoms with E-state index in [0.29, 0.717) is 33.6 Å². The molecule has 1 amide bonds. The number of thioether (sulfide) groups is 1. The highest BCUT2D eigenvalue weighted by molar-refractivity contribution is 8.00. The molecule has 1 saturated heterocycles. The highest BCUT2D eigenvalue weighted by Gasteiger charge is 2.48. The maximum atomic E-state index is 13.5. The van der Waals surface area contributed by atoms with E-state index >= 15 is 0 Å². The Balaban J connectivity index is 1.37. The van der Waals surface area contributed by atoms with Gasteiger partial charge in [-0.2, -0.15) is 0 Å². The monoisotopic (exact) mass is 594 g/mol. The van der Waals surface area contributed by atoms with Crippen LogP contribution in [0.15, 0.2) is 101 Å². The van der Waals surface area contributed by atoms with Crippen molar-refractivity contribution >= 4 is 56.5 Å². The minimum atomic E-state index is -0.924. The predicted octanol–water partition coefficient (Wildman–Crippen LogP) is 6.79. The average molecular weight is 595 g/mol. The van der Waals surface area contributed by atoms with E-state index in [0.717, 1.165) is 17.4 Å². The van der Waals surface area contributed by atoms with Crippen molar-refractivity contribution in [3.05, 3.63) is 114 Å². The fourth-order valence-corrected chi connectivity index (χ4v) is 6.79. The summed E-state index contributed by atoms with van der Waals surface area (Å²) in [4.78, 5) is 32.4. The minimum absolute atomic E-state index is 0.0287. The molecule has 8 nitrogen and oxygen atoms in total. The van der Waals surface area contributed by atoms with E-state index in [9.17, 15) is 14.7 Å². The molecule has 0 radical (unpaired) electrons. The Morgan fingerprint density at radius 1 is 1.00 bits per heavy atom. The zero-order valence-electron chi connectivity index (χ0n) is 22.6. The van der Waals surface area contributed by atoms with Gasteiger partial charge in [-0.3, -0.25) is 19.5 Å². The summed E-state index contributed by atoms with van der Waals surface area (Å²) in [5, 5.41) is 22.6. The summed E-state index contributed by atoms with van der Waals surface area (Å²) in [6.07, 6.45) is 3.86. The van der Waals surface area contributed by atoms with Crippen LogP contribution in [-0.2, 0) is 15.3 Å². The quantitative estimate of drug-likeness (QED) is 0.0654. The van der Waals surface area contributed by atoms with Gasteiger partial charge in [-0.05, 0) is 52.6 Å². The Kier molecular flexibility index (Phi) is 7.98. The molecule has 1 fully saturated rings. The molecule has 1 aliphatic heterocycles. The molecule has 3 heterocycles. The number of anilines is 1. The lowest BCUT2D eigenvalue weighted by Gasteiger charge is -2.23. The van der Waals surface area contributed by atoms with Crippen molar-refractivity contribution in [2.45, 2.75) is 29.5 Å².